The maximum absolute atomic E-state index is 13.0. The van der Waals surface area contributed by atoms with E-state index in [2.05, 4.69) is 15.9 Å². The minimum Gasteiger partial charge on any atom is -0.488 e. The van der Waals surface area contributed by atoms with Crippen LogP contribution in [0, 0.1) is 12.7 Å². The zero-order valence-corrected chi connectivity index (χ0v) is 12.1. The zero-order chi connectivity index (χ0) is 13.8. The molecule has 0 spiro atoms. The molecule has 1 N–H and O–H groups in total. The second kappa shape index (κ2) is 6.17. The van der Waals surface area contributed by atoms with E-state index < -0.39 is 0 Å². The minimum atomic E-state index is -0.290. The molecule has 0 bridgehead atoms. The van der Waals surface area contributed by atoms with E-state index in [0.717, 1.165) is 16.7 Å². The average molecular weight is 325 g/mol. The molecule has 0 heterocycles. The first kappa shape index (κ1) is 14.0. The lowest BCUT2D eigenvalue weighted by Gasteiger charge is -2.12. The minimum absolute atomic E-state index is 0.0679. The van der Waals surface area contributed by atoms with Crippen molar-refractivity contribution >= 4 is 15.9 Å². The number of rotatable bonds is 4. The van der Waals surface area contributed by atoms with Crippen LogP contribution >= 0.6 is 15.9 Å². The van der Waals surface area contributed by atoms with Crippen LogP contribution < -0.4 is 4.74 Å². The van der Waals surface area contributed by atoms with Crippen molar-refractivity contribution in [2.45, 2.75) is 20.1 Å². The van der Waals surface area contributed by atoms with Gasteiger partial charge in [-0.1, -0.05) is 39.7 Å². The highest BCUT2D eigenvalue weighted by molar-refractivity contribution is 9.10. The Morgan fingerprint density at radius 2 is 1.95 bits per heavy atom. The van der Waals surface area contributed by atoms with Gasteiger partial charge in [0.05, 0.1) is 6.61 Å². The predicted molar refractivity (Wildman–Crippen MR) is 75.5 cm³/mol. The maximum Gasteiger partial charge on any atom is 0.125 e. The molecule has 100 valence electrons. The van der Waals surface area contributed by atoms with Gasteiger partial charge in [-0.3, -0.25) is 0 Å². The van der Waals surface area contributed by atoms with Crippen LogP contribution in [0.2, 0.25) is 0 Å². The average Bonchev–Trinajstić information content (AvgIpc) is 2.39. The number of aryl methyl sites for hydroxylation is 1. The lowest BCUT2D eigenvalue weighted by Crippen LogP contribution is -2.00. The van der Waals surface area contributed by atoms with Crippen LogP contribution in [0.5, 0.6) is 5.75 Å². The number of aliphatic hydroxyl groups excluding tert-OH is 1. The summed E-state index contributed by atoms with van der Waals surface area (Å²) in [7, 11) is 0. The molecule has 0 saturated heterocycles. The Hall–Kier alpha value is -1.39. The van der Waals surface area contributed by atoms with Gasteiger partial charge in [0.25, 0.3) is 0 Å². The number of aliphatic hydroxyl groups is 1. The van der Waals surface area contributed by atoms with E-state index in [-0.39, 0.29) is 12.4 Å². The van der Waals surface area contributed by atoms with Gasteiger partial charge >= 0.3 is 0 Å². The number of benzene rings is 2. The van der Waals surface area contributed by atoms with E-state index in [9.17, 15) is 9.50 Å². The largest absolute Gasteiger partial charge is 0.488 e. The molecular formula is C15H14BrFO2. The number of ether oxygens (including phenoxy) is 1. The van der Waals surface area contributed by atoms with Crippen molar-refractivity contribution in [3.8, 4) is 5.75 Å². The van der Waals surface area contributed by atoms with E-state index in [1.807, 2.05) is 25.1 Å². The van der Waals surface area contributed by atoms with Gasteiger partial charge in [0.1, 0.15) is 18.2 Å². The van der Waals surface area contributed by atoms with Gasteiger partial charge in [0, 0.05) is 15.6 Å². The summed E-state index contributed by atoms with van der Waals surface area (Å²) in [5, 5.41) is 9.29. The van der Waals surface area contributed by atoms with Crippen molar-refractivity contribution in [1.82, 2.24) is 0 Å². The fourth-order valence-electron chi connectivity index (χ4n) is 1.77. The molecule has 0 unspecified atom stereocenters. The molecule has 4 heteroatoms. The quantitative estimate of drug-likeness (QED) is 0.922. The number of hydrogen-bond donors (Lipinski definition) is 1. The standard InChI is InChI=1S/C15H14BrFO2/c1-10-2-5-15(12(6-10)8-18)19-9-11-3-4-13(17)7-14(11)16/h2-7,18H,8-9H2,1H3. The maximum atomic E-state index is 13.0. The molecule has 0 aliphatic carbocycles. The highest BCUT2D eigenvalue weighted by Crippen LogP contribution is 2.24. The van der Waals surface area contributed by atoms with Crippen LogP contribution in [0.4, 0.5) is 4.39 Å². The Morgan fingerprint density at radius 1 is 1.16 bits per heavy atom. The summed E-state index contributed by atoms with van der Waals surface area (Å²) >= 11 is 3.30. The Kier molecular flexibility index (Phi) is 4.56. The molecule has 0 saturated carbocycles. The summed E-state index contributed by atoms with van der Waals surface area (Å²) in [5.74, 6) is 0.353. The third-order valence-electron chi connectivity index (χ3n) is 2.78. The van der Waals surface area contributed by atoms with Gasteiger partial charge in [0.15, 0.2) is 0 Å². The van der Waals surface area contributed by atoms with E-state index in [0.29, 0.717) is 16.8 Å². The first-order valence-corrected chi connectivity index (χ1v) is 6.66. The molecule has 0 atom stereocenters. The second-order valence-corrected chi connectivity index (χ2v) is 5.15. The fourth-order valence-corrected chi connectivity index (χ4v) is 2.23. The summed E-state index contributed by atoms with van der Waals surface area (Å²) in [6.07, 6.45) is 0. The summed E-state index contributed by atoms with van der Waals surface area (Å²) in [6.45, 7) is 2.21. The Labute approximate surface area is 120 Å². The summed E-state index contributed by atoms with van der Waals surface area (Å²) in [4.78, 5) is 0. The Bertz CT molecular complexity index is 584. The molecule has 2 rings (SSSR count). The zero-order valence-electron chi connectivity index (χ0n) is 10.5. The van der Waals surface area contributed by atoms with E-state index >= 15 is 0 Å². The molecule has 2 aromatic rings. The number of halogens is 2. The third kappa shape index (κ3) is 3.55. The first-order valence-electron chi connectivity index (χ1n) is 5.87. The van der Waals surface area contributed by atoms with Crippen molar-refractivity contribution in [3.63, 3.8) is 0 Å². The van der Waals surface area contributed by atoms with Crippen LogP contribution in [-0.4, -0.2) is 5.11 Å². The fraction of sp³-hybridized carbons (Fsp3) is 0.200. The highest BCUT2D eigenvalue weighted by Gasteiger charge is 2.06. The highest BCUT2D eigenvalue weighted by atomic mass is 79.9. The molecule has 2 nitrogen and oxygen atoms in total. The molecule has 0 amide bonds. The van der Waals surface area contributed by atoms with Crippen molar-refractivity contribution in [2.24, 2.45) is 0 Å². The first-order chi connectivity index (χ1) is 9.10. The molecule has 0 radical (unpaired) electrons. The summed E-state index contributed by atoms with van der Waals surface area (Å²) in [5.41, 5.74) is 2.67. The van der Waals surface area contributed by atoms with Gasteiger partial charge in [-0.2, -0.15) is 0 Å². The van der Waals surface area contributed by atoms with Gasteiger partial charge in [0.2, 0.25) is 0 Å². The molecule has 19 heavy (non-hydrogen) atoms. The topological polar surface area (TPSA) is 29.5 Å². The van der Waals surface area contributed by atoms with Gasteiger partial charge < -0.3 is 9.84 Å². The van der Waals surface area contributed by atoms with Crippen molar-refractivity contribution < 1.29 is 14.2 Å². The summed E-state index contributed by atoms with van der Waals surface area (Å²) in [6, 6.07) is 10.1. The molecule has 0 fully saturated rings. The SMILES string of the molecule is Cc1ccc(OCc2ccc(F)cc2Br)c(CO)c1. The second-order valence-electron chi connectivity index (χ2n) is 4.29. The molecule has 0 aromatic heterocycles. The monoisotopic (exact) mass is 324 g/mol. The Balaban J connectivity index is 2.14. The number of hydrogen-bond acceptors (Lipinski definition) is 2. The van der Waals surface area contributed by atoms with Gasteiger partial charge in [-0.05, 0) is 25.1 Å². The third-order valence-corrected chi connectivity index (χ3v) is 3.52. The van der Waals surface area contributed by atoms with Crippen LogP contribution in [-0.2, 0) is 13.2 Å². The van der Waals surface area contributed by atoms with Crippen LogP contribution in [0.3, 0.4) is 0 Å². The van der Waals surface area contributed by atoms with Crippen molar-refractivity contribution in [2.75, 3.05) is 0 Å². The van der Waals surface area contributed by atoms with Crippen LogP contribution in [0.1, 0.15) is 16.7 Å². The predicted octanol–water partition coefficient (Wildman–Crippen LogP) is 3.97. The van der Waals surface area contributed by atoms with E-state index in [4.69, 9.17) is 4.74 Å². The molecule has 0 aliphatic heterocycles. The molecular weight excluding hydrogens is 311 g/mol. The van der Waals surface area contributed by atoms with Crippen LogP contribution in [0.25, 0.3) is 0 Å². The molecule has 2 aromatic carbocycles. The van der Waals surface area contributed by atoms with Crippen molar-refractivity contribution in [3.05, 3.63) is 63.4 Å². The van der Waals surface area contributed by atoms with Crippen molar-refractivity contribution in [1.29, 1.82) is 0 Å². The lowest BCUT2D eigenvalue weighted by atomic mass is 10.1. The normalized spacial score (nSPS) is 10.5. The van der Waals surface area contributed by atoms with E-state index in [1.165, 1.54) is 12.1 Å². The smallest absolute Gasteiger partial charge is 0.125 e. The Morgan fingerprint density at radius 3 is 2.63 bits per heavy atom. The van der Waals surface area contributed by atoms with E-state index in [1.54, 1.807) is 6.07 Å². The van der Waals surface area contributed by atoms with Gasteiger partial charge in [-0.15, -0.1) is 0 Å². The van der Waals surface area contributed by atoms with Crippen LogP contribution in [0.15, 0.2) is 40.9 Å². The van der Waals surface area contributed by atoms with Gasteiger partial charge in [-0.25, -0.2) is 4.39 Å². The summed E-state index contributed by atoms with van der Waals surface area (Å²) < 4.78 is 19.3. The lowest BCUT2D eigenvalue weighted by molar-refractivity contribution is 0.258. The molecule has 0 aliphatic rings.